The lowest BCUT2D eigenvalue weighted by molar-refractivity contribution is 0.0940. The largest absolute Gasteiger partial charge is 0.493 e. The lowest BCUT2D eigenvalue weighted by atomic mass is 10.0. The zero-order valence-corrected chi connectivity index (χ0v) is 13.0. The summed E-state index contributed by atoms with van der Waals surface area (Å²) in [6, 6.07) is 14.9. The van der Waals surface area contributed by atoms with Crippen molar-refractivity contribution in [1.29, 1.82) is 5.26 Å². The Morgan fingerprint density at radius 2 is 2.09 bits per heavy atom. The molecule has 2 aromatic carbocycles. The van der Waals surface area contributed by atoms with Gasteiger partial charge in [-0.2, -0.15) is 5.26 Å². The maximum absolute atomic E-state index is 12.2. The number of nitriles is 1. The Labute approximate surface area is 135 Å². The number of hydrogen-bond acceptors (Lipinski definition) is 3. The molecule has 0 bridgehead atoms. The molecule has 3 rings (SSSR count). The molecule has 0 saturated carbocycles. The van der Waals surface area contributed by atoms with Crippen LogP contribution >= 0.6 is 0 Å². The van der Waals surface area contributed by atoms with Crippen molar-refractivity contribution in [3.8, 4) is 11.8 Å². The number of amides is 1. The summed E-state index contributed by atoms with van der Waals surface area (Å²) in [7, 11) is 0. The molecular formula is C19H18N2O2. The van der Waals surface area contributed by atoms with Crippen LogP contribution < -0.4 is 10.1 Å². The summed E-state index contributed by atoms with van der Waals surface area (Å²) in [5.74, 6) is 0.856. The van der Waals surface area contributed by atoms with E-state index >= 15 is 0 Å². The normalized spacial score (nSPS) is 13.6. The van der Waals surface area contributed by atoms with Crippen LogP contribution in [0.25, 0.3) is 0 Å². The van der Waals surface area contributed by atoms with Crippen LogP contribution in [0.2, 0.25) is 0 Å². The molecule has 0 saturated heterocycles. The minimum absolute atomic E-state index is 0.0264. The van der Waals surface area contributed by atoms with Crippen molar-refractivity contribution in [2.24, 2.45) is 0 Å². The summed E-state index contributed by atoms with van der Waals surface area (Å²) in [6.07, 6.45) is 1.73. The number of benzene rings is 2. The van der Waals surface area contributed by atoms with Gasteiger partial charge in [-0.05, 0) is 54.8 Å². The van der Waals surface area contributed by atoms with Gasteiger partial charge in [0.15, 0.2) is 0 Å². The third-order valence-corrected chi connectivity index (χ3v) is 3.95. The SMILES string of the molecule is C[C@H](Cc1ccc2c(c1)CCO2)NC(=O)c1ccc(C#N)cc1. The van der Waals surface area contributed by atoms with E-state index in [4.69, 9.17) is 10.00 Å². The molecule has 4 heteroatoms. The molecule has 1 aliphatic heterocycles. The number of rotatable bonds is 4. The number of nitrogens with zero attached hydrogens (tertiary/aromatic N) is 1. The van der Waals surface area contributed by atoms with Crippen LogP contribution in [0.3, 0.4) is 0 Å². The molecule has 0 unspecified atom stereocenters. The highest BCUT2D eigenvalue weighted by atomic mass is 16.5. The van der Waals surface area contributed by atoms with Crippen molar-refractivity contribution in [2.45, 2.75) is 25.8 Å². The van der Waals surface area contributed by atoms with Crippen molar-refractivity contribution >= 4 is 5.91 Å². The molecular weight excluding hydrogens is 288 g/mol. The van der Waals surface area contributed by atoms with Gasteiger partial charge in [-0.15, -0.1) is 0 Å². The van der Waals surface area contributed by atoms with Gasteiger partial charge in [0.1, 0.15) is 5.75 Å². The molecule has 0 spiro atoms. The molecule has 1 amide bonds. The molecule has 0 fully saturated rings. The predicted molar refractivity (Wildman–Crippen MR) is 87.4 cm³/mol. The average Bonchev–Trinajstić information content (AvgIpc) is 3.02. The zero-order chi connectivity index (χ0) is 16.2. The lowest BCUT2D eigenvalue weighted by Crippen LogP contribution is -2.34. The Balaban J connectivity index is 1.61. The van der Waals surface area contributed by atoms with E-state index in [-0.39, 0.29) is 11.9 Å². The first kappa shape index (κ1) is 15.1. The Bertz CT molecular complexity index is 760. The fourth-order valence-electron chi connectivity index (χ4n) is 2.77. The second kappa shape index (κ2) is 6.53. The Kier molecular flexibility index (Phi) is 4.29. The second-order valence-corrected chi connectivity index (χ2v) is 5.81. The molecule has 1 N–H and O–H groups in total. The Hall–Kier alpha value is -2.80. The zero-order valence-electron chi connectivity index (χ0n) is 13.0. The first-order valence-corrected chi connectivity index (χ1v) is 7.71. The summed E-state index contributed by atoms with van der Waals surface area (Å²) in [5, 5.41) is 11.8. The number of ether oxygens (including phenoxy) is 1. The van der Waals surface area contributed by atoms with Gasteiger partial charge in [-0.3, -0.25) is 4.79 Å². The van der Waals surface area contributed by atoms with E-state index in [0.29, 0.717) is 11.1 Å². The summed E-state index contributed by atoms with van der Waals surface area (Å²) in [5.41, 5.74) is 3.56. The van der Waals surface area contributed by atoms with Crippen LogP contribution in [-0.4, -0.2) is 18.6 Å². The molecule has 0 aromatic heterocycles. The fraction of sp³-hybridized carbons (Fsp3) is 0.263. The smallest absolute Gasteiger partial charge is 0.251 e. The van der Waals surface area contributed by atoms with Gasteiger partial charge < -0.3 is 10.1 Å². The summed E-state index contributed by atoms with van der Waals surface area (Å²) in [6.45, 7) is 2.75. The molecule has 1 aliphatic rings. The minimum Gasteiger partial charge on any atom is -0.493 e. The maximum atomic E-state index is 12.2. The quantitative estimate of drug-likeness (QED) is 0.944. The number of nitrogens with one attached hydrogen (secondary N) is 1. The highest BCUT2D eigenvalue weighted by Crippen LogP contribution is 2.26. The van der Waals surface area contributed by atoms with E-state index in [1.807, 2.05) is 19.1 Å². The standard InChI is InChI=1S/C19H18N2O2/c1-13(10-15-4-7-18-17(11-15)8-9-23-18)21-19(22)16-5-2-14(12-20)3-6-16/h2-7,11,13H,8-10H2,1H3,(H,21,22)/t13-/m1/s1. The number of fused-ring (bicyclic) bond motifs is 1. The Morgan fingerprint density at radius 3 is 2.83 bits per heavy atom. The molecule has 2 aromatic rings. The predicted octanol–water partition coefficient (Wildman–Crippen LogP) is 2.85. The van der Waals surface area contributed by atoms with Gasteiger partial charge in [0, 0.05) is 18.0 Å². The molecule has 23 heavy (non-hydrogen) atoms. The first-order valence-electron chi connectivity index (χ1n) is 7.71. The lowest BCUT2D eigenvalue weighted by Gasteiger charge is -2.14. The monoisotopic (exact) mass is 306 g/mol. The van der Waals surface area contributed by atoms with Crippen LogP contribution in [0.1, 0.15) is 34.0 Å². The maximum Gasteiger partial charge on any atom is 0.251 e. The van der Waals surface area contributed by atoms with Crippen LogP contribution in [-0.2, 0) is 12.8 Å². The fourth-order valence-corrected chi connectivity index (χ4v) is 2.77. The van der Waals surface area contributed by atoms with E-state index < -0.39 is 0 Å². The third-order valence-electron chi connectivity index (χ3n) is 3.95. The van der Waals surface area contributed by atoms with Crippen LogP contribution in [0.4, 0.5) is 0 Å². The van der Waals surface area contributed by atoms with Crippen molar-refractivity contribution in [2.75, 3.05) is 6.61 Å². The second-order valence-electron chi connectivity index (χ2n) is 5.81. The molecule has 116 valence electrons. The van der Waals surface area contributed by atoms with Gasteiger partial charge in [0.2, 0.25) is 0 Å². The van der Waals surface area contributed by atoms with Crippen molar-refractivity contribution in [3.63, 3.8) is 0 Å². The van der Waals surface area contributed by atoms with E-state index in [9.17, 15) is 4.79 Å². The highest BCUT2D eigenvalue weighted by Gasteiger charge is 2.14. The summed E-state index contributed by atoms with van der Waals surface area (Å²) in [4.78, 5) is 12.2. The van der Waals surface area contributed by atoms with Gasteiger partial charge in [-0.1, -0.05) is 12.1 Å². The van der Waals surface area contributed by atoms with Gasteiger partial charge in [-0.25, -0.2) is 0 Å². The molecule has 0 radical (unpaired) electrons. The number of carbonyl (C=O) groups excluding carboxylic acids is 1. The van der Waals surface area contributed by atoms with Gasteiger partial charge in [0.05, 0.1) is 18.2 Å². The van der Waals surface area contributed by atoms with E-state index in [0.717, 1.165) is 25.2 Å². The molecule has 1 atom stereocenters. The minimum atomic E-state index is -0.119. The van der Waals surface area contributed by atoms with Crippen LogP contribution in [0.5, 0.6) is 5.75 Å². The van der Waals surface area contributed by atoms with E-state index in [2.05, 4.69) is 17.4 Å². The average molecular weight is 306 g/mol. The highest BCUT2D eigenvalue weighted by molar-refractivity contribution is 5.94. The van der Waals surface area contributed by atoms with E-state index in [1.54, 1.807) is 24.3 Å². The van der Waals surface area contributed by atoms with Gasteiger partial charge >= 0.3 is 0 Å². The van der Waals surface area contributed by atoms with Crippen molar-refractivity contribution in [1.82, 2.24) is 5.32 Å². The van der Waals surface area contributed by atoms with Crippen LogP contribution in [0.15, 0.2) is 42.5 Å². The van der Waals surface area contributed by atoms with E-state index in [1.165, 1.54) is 11.1 Å². The topological polar surface area (TPSA) is 62.1 Å². The molecule has 4 nitrogen and oxygen atoms in total. The Morgan fingerprint density at radius 1 is 1.30 bits per heavy atom. The summed E-state index contributed by atoms with van der Waals surface area (Å²) >= 11 is 0. The van der Waals surface area contributed by atoms with Crippen molar-refractivity contribution in [3.05, 3.63) is 64.7 Å². The molecule has 1 heterocycles. The third kappa shape index (κ3) is 3.51. The summed E-state index contributed by atoms with van der Waals surface area (Å²) < 4.78 is 5.51. The number of carbonyl (C=O) groups is 1. The number of hydrogen-bond donors (Lipinski definition) is 1. The van der Waals surface area contributed by atoms with Crippen LogP contribution in [0, 0.1) is 11.3 Å². The molecule has 0 aliphatic carbocycles. The first-order chi connectivity index (χ1) is 11.2. The van der Waals surface area contributed by atoms with Gasteiger partial charge in [0.25, 0.3) is 5.91 Å². The van der Waals surface area contributed by atoms with Crippen molar-refractivity contribution < 1.29 is 9.53 Å².